The third-order valence-electron chi connectivity index (χ3n) is 7.09. The van der Waals surface area contributed by atoms with E-state index >= 15 is 0 Å². The quantitative estimate of drug-likeness (QED) is 0.310. The van der Waals surface area contributed by atoms with E-state index in [0.29, 0.717) is 35.6 Å². The number of rotatable bonds is 5. The van der Waals surface area contributed by atoms with Crippen LogP contribution in [0.4, 0.5) is 5.95 Å². The van der Waals surface area contributed by atoms with Crippen LogP contribution in [-0.2, 0) is 18.2 Å². The summed E-state index contributed by atoms with van der Waals surface area (Å²) in [6.07, 6.45) is 0.642. The first-order valence-corrected chi connectivity index (χ1v) is 12.5. The molecular weight excluding hydrogens is 496 g/mol. The second kappa shape index (κ2) is 9.75. The SMILES string of the molecule is COC(=O)c1ccc2c(c1)CCN(c1nc(-c3nc4ccccc4o3)c(OC)c(=O)n1C)C2c1ccccc1. The van der Waals surface area contributed by atoms with Crippen molar-refractivity contribution in [2.75, 3.05) is 25.7 Å². The second-order valence-corrected chi connectivity index (χ2v) is 9.31. The fourth-order valence-corrected chi connectivity index (χ4v) is 5.21. The molecule has 39 heavy (non-hydrogen) atoms. The van der Waals surface area contributed by atoms with Crippen molar-refractivity contribution >= 4 is 23.0 Å². The molecule has 5 aromatic rings. The van der Waals surface area contributed by atoms with Crippen molar-refractivity contribution in [3.8, 4) is 17.3 Å². The molecule has 0 amide bonds. The summed E-state index contributed by atoms with van der Waals surface area (Å²) in [5, 5.41) is 0. The molecule has 1 aliphatic heterocycles. The third kappa shape index (κ3) is 4.12. The minimum Gasteiger partial charge on any atom is -0.489 e. The monoisotopic (exact) mass is 522 g/mol. The van der Waals surface area contributed by atoms with Crippen LogP contribution >= 0.6 is 0 Å². The van der Waals surface area contributed by atoms with Crippen LogP contribution in [0.5, 0.6) is 5.75 Å². The molecule has 0 radical (unpaired) electrons. The van der Waals surface area contributed by atoms with Gasteiger partial charge in [-0.1, -0.05) is 48.5 Å². The van der Waals surface area contributed by atoms with Crippen molar-refractivity contribution in [3.63, 3.8) is 0 Å². The number of fused-ring (bicyclic) bond motifs is 2. The number of aromatic nitrogens is 3. The standard InChI is InChI=1S/C30H26N4O5/c1-33-28(35)26(37-2)24(27-31-22-11-7-8-12-23(22)39-27)32-30(33)34-16-15-19-17-20(29(36)38-3)13-14-21(19)25(34)18-9-5-4-6-10-18/h4-14,17,25H,15-16H2,1-3H3. The van der Waals surface area contributed by atoms with Gasteiger partial charge in [0.25, 0.3) is 11.4 Å². The zero-order chi connectivity index (χ0) is 27.1. The van der Waals surface area contributed by atoms with Crippen molar-refractivity contribution in [1.82, 2.24) is 14.5 Å². The summed E-state index contributed by atoms with van der Waals surface area (Å²) < 4.78 is 17.9. The largest absolute Gasteiger partial charge is 0.489 e. The van der Waals surface area contributed by atoms with Gasteiger partial charge in [0, 0.05) is 13.6 Å². The van der Waals surface area contributed by atoms with Crippen molar-refractivity contribution in [2.45, 2.75) is 12.5 Å². The Morgan fingerprint density at radius 2 is 1.77 bits per heavy atom. The first-order valence-electron chi connectivity index (χ1n) is 12.5. The van der Waals surface area contributed by atoms with Crippen LogP contribution in [0.15, 0.2) is 82.0 Å². The highest BCUT2D eigenvalue weighted by Crippen LogP contribution is 2.39. The molecule has 0 N–H and O–H groups in total. The van der Waals surface area contributed by atoms with Crippen LogP contribution in [0, 0.1) is 0 Å². The van der Waals surface area contributed by atoms with E-state index in [-0.39, 0.29) is 34.9 Å². The van der Waals surface area contributed by atoms with E-state index in [1.54, 1.807) is 13.1 Å². The molecule has 2 aromatic heterocycles. The lowest BCUT2D eigenvalue weighted by atomic mass is 9.87. The maximum Gasteiger partial charge on any atom is 0.337 e. The van der Waals surface area contributed by atoms with E-state index in [2.05, 4.69) is 9.88 Å². The average molecular weight is 523 g/mol. The van der Waals surface area contributed by atoms with Crippen molar-refractivity contribution < 1.29 is 18.7 Å². The zero-order valence-corrected chi connectivity index (χ0v) is 21.7. The van der Waals surface area contributed by atoms with Gasteiger partial charge in [-0.3, -0.25) is 9.36 Å². The fourth-order valence-electron chi connectivity index (χ4n) is 5.21. The van der Waals surface area contributed by atoms with Crippen LogP contribution < -0.4 is 15.2 Å². The third-order valence-corrected chi connectivity index (χ3v) is 7.09. The van der Waals surface area contributed by atoms with Crippen LogP contribution in [0.3, 0.4) is 0 Å². The van der Waals surface area contributed by atoms with Gasteiger partial charge in [0.15, 0.2) is 11.3 Å². The van der Waals surface area contributed by atoms with Gasteiger partial charge in [0.2, 0.25) is 11.7 Å². The molecule has 0 bridgehead atoms. The number of ether oxygens (including phenoxy) is 2. The Bertz CT molecular complexity index is 1730. The van der Waals surface area contributed by atoms with Gasteiger partial charge >= 0.3 is 5.97 Å². The van der Waals surface area contributed by atoms with Crippen molar-refractivity contribution in [3.05, 3.63) is 105 Å². The molecule has 3 heterocycles. The van der Waals surface area contributed by atoms with E-state index in [0.717, 1.165) is 16.7 Å². The summed E-state index contributed by atoms with van der Waals surface area (Å²) in [5.41, 5.74) is 4.74. The Balaban J connectivity index is 1.54. The number of carbonyl (C=O) groups is 1. The molecule has 6 rings (SSSR count). The molecule has 196 valence electrons. The van der Waals surface area contributed by atoms with Gasteiger partial charge in [0.1, 0.15) is 5.52 Å². The number of methoxy groups -OCH3 is 2. The number of carbonyl (C=O) groups excluding carboxylic acids is 1. The second-order valence-electron chi connectivity index (χ2n) is 9.31. The van der Waals surface area contributed by atoms with Crippen LogP contribution in [-0.4, -0.2) is 41.3 Å². The zero-order valence-electron chi connectivity index (χ0n) is 21.7. The highest BCUT2D eigenvalue weighted by Gasteiger charge is 2.33. The Morgan fingerprint density at radius 1 is 1.00 bits per heavy atom. The van der Waals surface area contributed by atoms with E-state index in [4.69, 9.17) is 18.9 Å². The molecule has 1 atom stereocenters. The number of oxazole rings is 1. The number of para-hydroxylation sites is 2. The summed E-state index contributed by atoms with van der Waals surface area (Å²) in [4.78, 5) is 37.4. The lowest BCUT2D eigenvalue weighted by molar-refractivity contribution is 0.0600. The van der Waals surface area contributed by atoms with E-state index in [1.807, 2.05) is 66.7 Å². The number of hydrogen-bond acceptors (Lipinski definition) is 8. The minimum atomic E-state index is -0.376. The predicted octanol–water partition coefficient (Wildman–Crippen LogP) is 4.54. The van der Waals surface area contributed by atoms with Crippen molar-refractivity contribution in [2.24, 2.45) is 7.05 Å². The van der Waals surface area contributed by atoms with Crippen molar-refractivity contribution in [1.29, 1.82) is 0 Å². The normalized spacial score (nSPS) is 14.7. The summed E-state index contributed by atoms with van der Waals surface area (Å²) in [6, 6.07) is 22.8. The van der Waals surface area contributed by atoms with Crippen LogP contribution in [0.25, 0.3) is 22.7 Å². The van der Waals surface area contributed by atoms with E-state index in [1.165, 1.54) is 18.8 Å². The lowest BCUT2D eigenvalue weighted by Crippen LogP contribution is -2.40. The Hall–Kier alpha value is -4.92. The van der Waals surface area contributed by atoms with Gasteiger partial charge in [-0.15, -0.1) is 0 Å². The van der Waals surface area contributed by atoms with Gasteiger partial charge in [-0.05, 0) is 47.4 Å². The highest BCUT2D eigenvalue weighted by atomic mass is 16.5. The fraction of sp³-hybridized carbons (Fsp3) is 0.200. The number of anilines is 1. The first kappa shape index (κ1) is 24.4. The molecule has 0 saturated carbocycles. The molecule has 0 saturated heterocycles. The van der Waals surface area contributed by atoms with Crippen LogP contribution in [0.1, 0.15) is 33.1 Å². The molecule has 9 nitrogen and oxygen atoms in total. The summed E-state index contributed by atoms with van der Waals surface area (Å²) in [6.45, 7) is 0.552. The highest BCUT2D eigenvalue weighted by molar-refractivity contribution is 5.89. The molecule has 0 spiro atoms. The summed E-state index contributed by atoms with van der Waals surface area (Å²) in [7, 11) is 4.49. The molecule has 0 fully saturated rings. The lowest BCUT2D eigenvalue weighted by Gasteiger charge is -2.39. The van der Waals surface area contributed by atoms with Gasteiger partial charge in [-0.2, -0.15) is 0 Å². The molecule has 0 aliphatic carbocycles. The maximum absolute atomic E-state index is 13.6. The number of esters is 1. The summed E-state index contributed by atoms with van der Waals surface area (Å²) in [5.74, 6) is 0.348. The van der Waals surface area contributed by atoms with Gasteiger partial charge in [0.05, 0.1) is 25.8 Å². The number of hydrogen-bond donors (Lipinski definition) is 0. The molecule has 1 aliphatic rings. The maximum atomic E-state index is 13.6. The Labute approximate surface area is 224 Å². The minimum absolute atomic E-state index is 0.0594. The molecule has 1 unspecified atom stereocenters. The molecule has 9 heteroatoms. The molecular formula is C30H26N4O5. The van der Waals surface area contributed by atoms with E-state index in [9.17, 15) is 9.59 Å². The smallest absolute Gasteiger partial charge is 0.337 e. The summed E-state index contributed by atoms with van der Waals surface area (Å²) >= 11 is 0. The molecule has 3 aromatic carbocycles. The van der Waals surface area contributed by atoms with Gasteiger partial charge in [-0.25, -0.2) is 14.8 Å². The first-order chi connectivity index (χ1) is 19.0. The Kier molecular flexibility index (Phi) is 6.11. The topological polar surface area (TPSA) is 99.7 Å². The van der Waals surface area contributed by atoms with Gasteiger partial charge < -0.3 is 18.8 Å². The number of nitrogens with zero attached hydrogens (tertiary/aromatic N) is 4. The average Bonchev–Trinajstić information content (AvgIpc) is 3.42. The predicted molar refractivity (Wildman–Crippen MR) is 146 cm³/mol. The van der Waals surface area contributed by atoms with E-state index < -0.39 is 0 Å². The van der Waals surface area contributed by atoms with Crippen LogP contribution in [0.2, 0.25) is 0 Å². The number of benzene rings is 3. The Morgan fingerprint density at radius 3 is 2.51 bits per heavy atom.